The fourth-order valence-corrected chi connectivity index (χ4v) is 7.99. The number of likely N-dealkylation sites (tertiary alicyclic amines) is 3. The largest absolute Gasteiger partial charge is 0.507 e. The van der Waals surface area contributed by atoms with E-state index in [1.165, 1.54) is 6.07 Å². The molecule has 0 radical (unpaired) electrons. The van der Waals surface area contributed by atoms with Crippen LogP contribution in [0.5, 0.6) is 5.75 Å². The van der Waals surface area contributed by atoms with Gasteiger partial charge in [-0.2, -0.15) is 13.2 Å². The van der Waals surface area contributed by atoms with Crippen LogP contribution in [-0.4, -0.2) is 124 Å². The van der Waals surface area contributed by atoms with Crippen molar-refractivity contribution in [2.45, 2.75) is 81.3 Å². The van der Waals surface area contributed by atoms with Gasteiger partial charge in [0.05, 0.1) is 4.47 Å². The molecule has 3 saturated heterocycles. The number of nitrogens with one attached hydrogen (secondary N) is 1. The van der Waals surface area contributed by atoms with Gasteiger partial charge in [0, 0.05) is 70.0 Å². The van der Waals surface area contributed by atoms with Gasteiger partial charge >= 0.3 is 18.3 Å². The van der Waals surface area contributed by atoms with E-state index in [-0.39, 0.29) is 62.1 Å². The molecule has 272 valence electrons. The van der Waals surface area contributed by atoms with Gasteiger partial charge in [-0.05, 0) is 90.2 Å². The second-order valence-electron chi connectivity index (χ2n) is 13.7. The number of phenols is 1. The van der Waals surface area contributed by atoms with E-state index in [1.807, 2.05) is 34.1 Å². The Balaban J connectivity index is 1.06. The molecule has 6 rings (SSSR count). The van der Waals surface area contributed by atoms with Crippen LogP contribution in [0.15, 0.2) is 46.9 Å². The number of piperidine rings is 3. The lowest BCUT2D eigenvalue weighted by Gasteiger charge is -2.45. The third-order valence-corrected chi connectivity index (χ3v) is 11.3. The minimum Gasteiger partial charge on any atom is -0.507 e. The number of nitrogens with zero attached hydrogens (tertiary/aromatic N) is 4. The van der Waals surface area contributed by atoms with Crippen molar-refractivity contribution in [2.75, 3.05) is 51.1 Å². The summed E-state index contributed by atoms with van der Waals surface area (Å²) in [4.78, 5) is 47.5. The van der Waals surface area contributed by atoms with Gasteiger partial charge in [-0.25, -0.2) is 9.59 Å². The van der Waals surface area contributed by atoms with Crippen LogP contribution in [0.2, 0.25) is 0 Å². The van der Waals surface area contributed by atoms with Crippen LogP contribution in [-0.2, 0) is 22.4 Å². The molecule has 3 fully saturated rings. The van der Waals surface area contributed by atoms with Crippen molar-refractivity contribution in [3.05, 3.63) is 58.1 Å². The summed E-state index contributed by atoms with van der Waals surface area (Å²) in [5.74, 6) is -0.325. The van der Waals surface area contributed by atoms with E-state index in [9.17, 15) is 37.8 Å². The lowest BCUT2D eigenvalue weighted by atomic mass is 9.89. The lowest BCUT2D eigenvalue weighted by Crippen LogP contribution is -2.57. The number of hydrogen-bond donors (Lipinski definition) is 3. The van der Waals surface area contributed by atoms with Crippen LogP contribution in [0.3, 0.4) is 0 Å². The third kappa shape index (κ3) is 7.99. The number of anilines is 1. The number of halogens is 4. The predicted octanol–water partition coefficient (Wildman–Crippen LogP) is 5.14. The normalized spacial score (nSPS) is 21.6. The van der Waals surface area contributed by atoms with E-state index in [1.54, 1.807) is 21.9 Å². The Kier molecular flexibility index (Phi) is 10.8. The molecule has 1 atom stereocenters. The number of phenolic OH excluding ortho intramolecular Hbond substituents is 1. The van der Waals surface area contributed by atoms with Crippen LogP contribution >= 0.6 is 15.9 Å². The Morgan fingerprint density at radius 2 is 1.58 bits per heavy atom. The fourth-order valence-electron chi connectivity index (χ4n) is 7.56. The average Bonchev–Trinajstić information content (AvgIpc) is 3.27. The second kappa shape index (κ2) is 15.0. The van der Waals surface area contributed by atoms with Gasteiger partial charge in [-0.1, -0.05) is 24.3 Å². The number of urea groups is 1. The average molecular weight is 767 g/mol. The maximum Gasteiger partial charge on any atom is 0.417 e. The number of hydrogen-bond acceptors (Lipinski definition) is 7. The zero-order valence-electron chi connectivity index (χ0n) is 27.7. The first kappa shape index (κ1) is 36.2. The van der Waals surface area contributed by atoms with E-state index < -0.39 is 24.0 Å². The topological polar surface area (TPSA) is 126 Å². The molecule has 2 aromatic rings. The molecule has 2 aromatic carbocycles. The molecule has 4 aliphatic rings. The van der Waals surface area contributed by atoms with Crippen molar-refractivity contribution in [3.63, 3.8) is 0 Å². The number of carbonyl (C=O) groups is 3. The van der Waals surface area contributed by atoms with Gasteiger partial charge in [-0.3, -0.25) is 4.79 Å². The molecule has 4 amide bonds. The smallest absolute Gasteiger partial charge is 0.417 e. The van der Waals surface area contributed by atoms with Crippen molar-refractivity contribution in [3.8, 4) is 5.75 Å². The SMILES string of the molecule is O=C(O[C@H](Cc1ccc(O)c(Br)c1)C(=O)N1CCC(N2CCC(O)(C(F)(F)F)CC2)CC1)N1CCC(N2CCc3ccccc3NC2=O)CC1. The highest BCUT2D eigenvalue weighted by molar-refractivity contribution is 9.10. The monoisotopic (exact) mass is 765 g/mol. The molecule has 3 N–H and O–H groups in total. The van der Waals surface area contributed by atoms with Crippen molar-refractivity contribution >= 4 is 39.6 Å². The van der Waals surface area contributed by atoms with E-state index in [4.69, 9.17) is 4.74 Å². The van der Waals surface area contributed by atoms with Gasteiger partial charge in [0.25, 0.3) is 5.91 Å². The van der Waals surface area contributed by atoms with Gasteiger partial charge in [0.1, 0.15) is 5.75 Å². The Morgan fingerprint density at radius 3 is 2.24 bits per heavy atom. The third-order valence-electron chi connectivity index (χ3n) is 10.7. The van der Waals surface area contributed by atoms with Gasteiger partial charge < -0.3 is 39.9 Å². The molecule has 15 heteroatoms. The zero-order valence-corrected chi connectivity index (χ0v) is 29.3. The van der Waals surface area contributed by atoms with Crippen molar-refractivity contribution in [1.29, 1.82) is 0 Å². The van der Waals surface area contributed by atoms with E-state index in [0.717, 1.165) is 17.7 Å². The van der Waals surface area contributed by atoms with Gasteiger partial charge in [0.15, 0.2) is 11.7 Å². The van der Waals surface area contributed by atoms with Crippen LogP contribution < -0.4 is 5.32 Å². The molecule has 0 unspecified atom stereocenters. The number of fused-ring (bicyclic) bond motifs is 1. The number of alkyl halides is 3. The molecule has 50 heavy (non-hydrogen) atoms. The van der Waals surface area contributed by atoms with Crippen LogP contribution in [0.4, 0.5) is 28.4 Å². The second-order valence-corrected chi connectivity index (χ2v) is 14.6. The lowest BCUT2D eigenvalue weighted by molar-refractivity contribution is -0.273. The molecule has 0 aliphatic carbocycles. The van der Waals surface area contributed by atoms with E-state index >= 15 is 0 Å². The molecule has 0 aromatic heterocycles. The summed E-state index contributed by atoms with van der Waals surface area (Å²) in [5.41, 5.74) is -0.0980. The predicted molar refractivity (Wildman–Crippen MR) is 182 cm³/mol. The molecule has 4 aliphatic heterocycles. The minimum atomic E-state index is -4.67. The summed E-state index contributed by atoms with van der Waals surface area (Å²) in [7, 11) is 0. The first-order valence-electron chi connectivity index (χ1n) is 17.2. The first-order valence-corrected chi connectivity index (χ1v) is 18.0. The summed E-state index contributed by atoms with van der Waals surface area (Å²) >= 11 is 3.30. The summed E-state index contributed by atoms with van der Waals surface area (Å²) < 4.78 is 46.3. The summed E-state index contributed by atoms with van der Waals surface area (Å²) in [6.45, 7) is 2.23. The van der Waals surface area contributed by atoms with Crippen molar-refractivity contribution in [1.82, 2.24) is 19.6 Å². The van der Waals surface area contributed by atoms with Gasteiger partial charge in [0.2, 0.25) is 0 Å². The molecular weight excluding hydrogens is 723 g/mol. The quantitative estimate of drug-likeness (QED) is 0.372. The Hall–Kier alpha value is -3.56. The Labute approximate surface area is 297 Å². The molecule has 0 spiro atoms. The highest BCUT2D eigenvalue weighted by Gasteiger charge is 2.55. The van der Waals surface area contributed by atoms with Crippen molar-refractivity contribution in [2.24, 2.45) is 0 Å². The molecular formula is C35H43BrF3N5O6. The Bertz CT molecular complexity index is 1560. The van der Waals surface area contributed by atoms with E-state index in [2.05, 4.69) is 21.2 Å². The molecule has 0 saturated carbocycles. The highest BCUT2D eigenvalue weighted by atomic mass is 79.9. The zero-order chi connectivity index (χ0) is 35.6. The molecule has 0 bridgehead atoms. The minimum absolute atomic E-state index is 0.0207. The number of amides is 4. The Morgan fingerprint density at radius 1 is 0.940 bits per heavy atom. The highest BCUT2D eigenvalue weighted by Crippen LogP contribution is 2.39. The molecule has 11 nitrogen and oxygen atoms in total. The first-order chi connectivity index (χ1) is 23.8. The number of rotatable bonds is 6. The summed E-state index contributed by atoms with van der Waals surface area (Å²) in [5, 5.41) is 23.0. The number of benzene rings is 2. The van der Waals surface area contributed by atoms with E-state index in [0.29, 0.717) is 68.4 Å². The van der Waals surface area contributed by atoms with Crippen LogP contribution in [0.1, 0.15) is 49.7 Å². The maximum absolute atomic E-state index is 13.9. The van der Waals surface area contributed by atoms with Crippen LogP contribution in [0.25, 0.3) is 0 Å². The van der Waals surface area contributed by atoms with Crippen molar-refractivity contribution < 1.29 is 42.5 Å². The van der Waals surface area contributed by atoms with Gasteiger partial charge in [-0.15, -0.1) is 0 Å². The number of aromatic hydroxyl groups is 1. The number of carbonyl (C=O) groups excluding carboxylic acids is 3. The number of ether oxygens (including phenoxy) is 1. The number of aliphatic hydroxyl groups is 1. The van der Waals surface area contributed by atoms with Crippen LogP contribution in [0, 0.1) is 0 Å². The standard InChI is InChI=1S/C35H43BrF3N5O6/c36-27-21-23(5-6-29(27)45)22-30(31(46)42-14-8-25(9-15-42)41-19-12-34(49,13-20-41)35(37,38)39)50-33(48)43-16-10-26(11-17-43)44-18-7-24-3-1-2-4-28(24)40-32(44)47/h1-6,21,25-26,30,45,49H,7-20,22H2,(H,40,47)/t30-/m1/s1. The summed E-state index contributed by atoms with van der Waals surface area (Å²) in [6.07, 6.45) is -4.16. The maximum atomic E-state index is 13.9. The number of para-hydroxylation sites is 1. The molecule has 4 heterocycles. The fraction of sp³-hybridized carbons (Fsp3) is 0.571. The summed E-state index contributed by atoms with van der Waals surface area (Å²) in [6, 6.07) is 12.3.